The van der Waals surface area contributed by atoms with E-state index in [9.17, 15) is 17.6 Å². The van der Waals surface area contributed by atoms with Gasteiger partial charge in [0.25, 0.3) is 0 Å². The number of amides is 1. The maximum Gasteiger partial charge on any atom is 0.410 e. The van der Waals surface area contributed by atoms with Crippen LogP contribution in [0.3, 0.4) is 0 Å². The van der Waals surface area contributed by atoms with Gasteiger partial charge in [0, 0.05) is 36.3 Å². The van der Waals surface area contributed by atoms with Gasteiger partial charge in [0.1, 0.15) is 5.60 Å². The van der Waals surface area contributed by atoms with Crippen LogP contribution in [0.15, 0.2) is 66.9 Å². The summed E-state index contributed by atoms with van der Waals surface area (Å²) >= 11 is 0. The standard InChI is InChI=1S/C31H33F2N5O4S/c1-31(2,3)42-30(39)38-15-7-10-23(18-38)35-29-34-17-22-16-21(11-13-25(22)36-29)24-12-14-26(28(33)27(24)32)37-43(40,41)19-20-8-5-4-6-9-20/h4-6,8-9,11-14,16-17,23,37H,7,10,15,18-19H2,1-3H3,(H,34,35,36)/t23-/m0/s1. The van der Waals surface area contributed by atoms with Crippen molar-refractivity contribution < 1.29 is 26.7 Å². The number of piperidine rings is 1. The number of likely N-dealkylation sites (tertiary alicyclic amines) is 1. The van der Waals surface area contributed by atoms with Crippen LogP contribution in [0, 0.1) is 11.6 Å². The highest BCUT2D eigenvalue weighted by Crippen LogP contribution is 2.31. The van der Waals surface area contributed by atoms with Crippen molar-refractivity contribution in [2.75, 3.05) is 23.1 Å². The van der Waals surface area contributed by atoms with Crippen molar-refractivity contribution in [1.82, 2.24) is 14.9 Å². The van der Waals surface area contributed by atoms with Crippen LogP contribution in [0.2, 0.25) is 0 Å². The van der Waals surface area contributed by atoms with E-state index in [0.717, 1.165) is 12.8 Å². The molecule has 1 aliphatic heterocycles. The van der Waals surface area contributed by atoms with Gasteiger partial charge in [-0.05, 0) is 69.0 Å². The van der Waals surface area contributed by atoms with E-state index in [-0.39, 0.29) is 23.5 Å². The van der Waals surface area contributed by atoms with Crippen molar-refractivity contribution in [1.29, 1.82) is 0 Å². The fourth-order valence-electron chi connectivity index (χ4n) is 4.89. The van der Waals surface area contributed by atoms with E-state index >= 15 is 4.39 Å². The Balaban J connectivity index is 1.29. The molecule has 1 atom stereocenters. The predicted molar refractivity (Wildman–Crippen MR) is 162 cm³/mol. The van der Waals surface area contributed by atoms with Gasteiger partial charge in [-0.2, -0.15) is 0 Å². The van der Waals surface area contributed by atoms with Crippen LogP contribution in [0.1, 0.15) is 39.2 Å². The second-order valence-electron chi connectivity index (χ2n) is 11.5. The van der Waals surface area contributed by atoms with Gasteiger partial charge >= 0.3 is 6.09 Å². The third kappa shape index (κ3) is 7.56. The Morgan fingerprint density at radius 3 is 2.58 bits per heavy atom. The molecule has 5 rings (SSSR count). The van der Waals surface area contributed by atoms with E-state index in [4.69, 9.17) is 4.74 Å². The van der Waals surface area contributed by atoms with E-state index in [2.05, 4.69) is 20.0 Å². The first-order chi connectivity index (χ1) is 20.4. The molecule has 3 aromatic carbocycles. The molecule has 0 spiro atoms. The normalized spacial score (nSPS) is 15.7. The molecule has 0 aliphatic carbocycles. The number of aromatic nitrogens is 2. The van der Waals surface area contributed by atoms with Crippen molar-refractivity contribution in [3.63, 3.8) is 0 Å². The molecule has 1 saturated heterocycles. The largest absolute Gasteiger partial charge is 0.444 e. The van der Waals surface area contributed by atoms with Gasteiger partial charge in [-0.3, -0.25) is 4.72 Å². The summed E-state index contributed by atoms with van der Waals surface area (Å²) in [5, 5.41) is 3.89. The van der Waals surface area contributed by atoms with Crippen LogP contribution >= 0.6 is 0 Å². The molecule has 1 amide bonds. The number of hydrogen-bond donors (Lipinski definition) is 2. The van der Waals surface area contributed by atoms with Crippen molar-refractivity contribution >= 4 is 38.7 Å². The number of sulfonamides is 1. The quantitative estimate of drug-likeness (QED) is 0.252. The van der Waals surface area contributed by atoms with Crippen molar-refractivity contribution in [2.24, 2.45) is 0 Å². The average Bonchev–Trinajstić information content (AvgIpc) is 2.95. The first-order valence-electron chi connectivity index (χ1n) is 13.9. The summed E-state index contributed by atoms with van der Waals surface area (Å²) in [5.41, 5.74) is 0.418. The van der Waals surface area contributed by atoms with Gasteiger partial charge < -0.3 is 15.0 Å². The third-order valence-corrected chi connectivity index (χ3v) is 8.09. The zero-order chi connectivity index (χ0) is 30.8. The lowest BCUT2D eigenvalue weighted by molar-refractivity contribution is 0.0206. The van der Waals surface area contributed by atoms with Crippen molar-refractivity contribution in [3.8, 4) is 11.1 Å². The second-order valence-corrected chi connectivity index (χ2v) is 13.2. The highest BCUT2D eigenvalue weighted by Gasteiger charge is 2.28. The summed E-state index contributed by atoms with van der Waals surface area (Å²) in [5.74, 6) is -2.45. The number of ether oxygens (including phenoxy) is 1. The number of nitrogens with one attached hydrogen (secondary N) is 2. The number of anilines is 2. The number of carbonyl (C=O) groups is 1. The van der Waals surface area contributed by atoms with E-state index in [1.807, 2.05) is 20.8 Å². The molecule has 0 bridgehead atoms. The fourth-order valence-corrected chi connectivity index (χ4v) is 6.08. The zero-order valence-electron chi connectivity index (χ0n) is 24.1. The molecular weight excluding hydrogens is 576 g/mol. The number of nitrogens with zero attached hydrogens (tertiary/aromatic N) is 3. The number of hydrogen-bond acceptors (Lipinski definition) is 7. The molecule has 2 heterocycles. The monoisotopic (exact) mass is 609 g/mol. The molecule has 0 saturated carbocycles. The maximum atomic E-state index is 15.2. The molecule has 1 aliphatic rings. The Morgan fingerprint density at radius 1 is 1.07 bits per heavy atom. The first kappa shape index (κ1) is 30.1. The maximum absolute atomic E-state index is 15.2. The summed E-state index contributed by atoms with van der Waals surface area (Å²) in [6.07, 6.45) is 2.88. The molecule has 4 aromatic rings. The molecule has 1 aromatic heterocycles. The lowest BCUT2D eigenvalue weighted by atomic mass is 10.0. The molecule has 0 radical (unpaired) electrons. The van der Waals surface area contributed by atoms with Crippen LogP contribution in [0.25, 0.3) is 22.0 Å². The van der Waals surface area contributed by atoms with Crippen LogP contribution < -0.4 is 10.0 Å². The SMILES string of the molecule is CC(C)(C)OC(=O)N1CCC[C@H](Nc2ncc3cc(-c4ccc(NS(=O)(=O)Cc5ccccc5)c(F)c4F)ccc3n2)C1. The first-order valence-corrected chi connectivity index (χ1v) is 15.6. The minimum absolute atomic E-state index is 0.0305. The Hall–Kier alpha value is -4.32. The van der Waals surface area contributed by atoms with Crippen LogP contribution in [-0.4, -0.2) is 54.1 Å². The molecule has 9 nitrogen and oxygen atoms in total. The van der Waals surface area contributed by atoms with Crippen molar-refractivity contribution in [2.45, 2.75) is 51.0 Å². The lowest BCUT2D eigenvalue weighted by Crippen LogP contribution is -2.47. The molecule has 1 fully saturated rings. The van der Waals surface area contributed by atoms with E-state index in [1.165, 1.54) is 12.1 Å². The van der Waals surface area contributed by atoms with Crippen LogP contribution in [-0.2, 0) is 20.5 Å². The molecule has 12 heteroatoms. The van der Waals surface area contributed by atoms with Gasteiger partial charge in [0.2, 0.25) is 16.0 Å². The smallest absolute Gasteiger partial charge is 0.410 e. The molecule has 43 heavy (non-hydrogen) atoms. The Labute approximate surface area is 249 Å². The van der Waals surface area contributed by atoms with Crippen LogP contribution in [0.4, 0.5) is 25.2 Å². The summed E-state index contributed by atoms with van der Waals surface area (Å²) in [4.78, 5) is 23.1. The van der Waals surface area contributed by atoms with Gasteiger partial charge in [-0.15, -0.1) is 0 Å². The number of benzene rings is 3. The van der Waals surface area contributed by atoms with Crippen molar-refractivity contribution in [3.05, 3.63) is 84.1 Å². The number of halogens is 2. The minimum atomic E-state index is -3.97. The van der Waals surface area contributed by atoms with Gasteiger partial charge in [0.05, 0.1) is 17.0 Å². The molecule has 226 valence electrons. The topological polar surface area (TPSA) is 114 Å². The Bertz CT molecular complexity index is 1750. The average molecular weight is 610 g/mol. The predicted octanol–water partition coefficient (Wildman–Crippen LogP) is 6.33. The molecule has 0 unspecified atom stereocenters. The number of carbonyl (C=O) groups excluding carboxylic acids is 1. The Morgan fingerprint density at radius 2 is 1.84 bits per heavy atom. The fraction of sp³-hybridized carbons (Fsp3) is 0.323. The van der Waals surface area contributed by atoms with E-state index in [0.29, 0.717) is 41.1 Å². The summed E-state index contributed by atoms with van der Waals surface area (Å²) in [6.45, 7) is 6.56. The molecule has 2 N–H and O–H groups in total. The second kappa shape index (κ2) is 12.1. The van der Waals surface area contributed by atoms with Gasteiger partial charge in [-0.1, -0.05) is 36.4 Å². The van der Waals surface area contributed by atoms with Crippen LogP contribution in [0.5, 0.6) is 0 Å². The summed E-state index contributed by atoms with van der Waals surface area (Å²) in [6, 6.07) is 15.8. The number of rotatable bonds is 7. The van der Waals surface area contributed by atoms with E-state index < -0.39 is 32.9 Å². The summed E-state index contributed by atoms with van der Waals surface area (Å²) < 4.78 is 62.9. The third-order valence-electron chi connectivity index (χ3n) is 6.84. The highest BCUT2D eigenvalue weighted by molar-refractivity contribution is 7.91. The zero-order valence-corrected chi connectivity index (χ0v) is 24.9. The minimum Gasteiger partial charge on any atom is -0.444 e. The van der Waals surface area contributed by atoms with Gasteiger partial charge in [0.15, 0.2) is 11.6 Å². The summed E-state index contributed by atoms with van der Waals surface area (Å²) in [7, 11) is -3.97. The number of fused-ring (bicyclic) bond motifs is 1. The molecular formula is C31H33F2N5O4S. The van der Waals surface area contributed by atoms with Gasteiger partial charge in [-0.25, -0.2) is 32.0 Å². The van der Waals surface area contributed by atoms with E-state index in [1.54, 1.807) is 59.6 Å². The highest BCUT2D eigenvalue weighted by atomic mass is 32.2. The Kier molecular flexibility index (Phi) is 8.50. The lowest BCUT2D eigenvalue weighted by Gasteiger charge is -2.34.